The number of nitrogens with zero attached hydrogens (tertiary/aromatic N) is 1. The van der Waals surface area contributed by atoms with Gasteiger partial charge < -0.3 is 10.2 Å². The quantitative estimate of drug-likeness (QED) is 0.679. The van der Waals surface area contributed by atoms with E-state index in [2.05, 4.69) is 24.1 Å². The summed E-state index contributed by atoms with van der Waals surface area (Å²) in [6.07, 6.45) is 0. The lowest BCUT2D eigenvalue weighted by molar-refractivity contribution is -0.119. The molecule has 0 bridgehead atoms. The largest absolute Gasteiger partial charge is 0.351 e. The Morgan fingerprint density at radius 3 is 2.31 bits per heavy atom. The van der Waals surface area contributed by atoms with Crippen molar-refractivity contribution >= 4 is 17.5 Å². The molecule has 0 aliphatic carbocycles. The van der Waals surface area contributed by atoms with Crippen LogP contribution < -0.4 is 5.32 Å². The minimum Gasteiger partial charge on any atom is -0.351 e. The highest BCUT2D eigenvalue weighted by Crippen LogP contribution is 2.02. The van der Waals surface area contributed by atoms with Crippen LogP contribution in [0, 0.1) is 5.92 Å². The van der Waals surface area contributed by atoms with E-state index in [0.29, 0.717) is 5.92 Å². The highest BCUT2D eigenvalue weighted by atomic mass is 35.5. The van der Waals surface area contributed by atoms with Crippen LogP contribution in [0.4, 0.5) is 0 Å². The number of carbonyl (C=O) groups excluding carboxylic acids is 1. The monoisotopic (exact) mass is 206 g/mol. The topological polar surface area (TPSA) is 32.3 Å². The number of rotatable bonds is 5. The molecule has 1 unspecified atom stereocenters. The first-order chi connectivity index (χ1) is 5.97. The molecule has 0 aromatic carbocycles. The number of likely N-dealkylation sites (N-methyl/N-ethyl adjacent to an activating group) is 1. The van der Waals surface area contributed by atoms with E-state index in [4.69, 9.17) is 11.6 Å². The van der Waals surface area contributed by atoms with E-state index in [1.165, 1.54) is 0 Å². The minimum absolute atomic E-state index is 0.0383. The van der Waals surface area contributed by atoms with Crippen molar-refractivity contribution in [3.05, 3.63) is 0 Å². The van der Waals surface area contributed by atoms with Gasteiger partial charge in [0.1, 0.15) is 5.88 Å². The molecule has 3 nitrogen and oxygen atoms in total. The Hall–Kier alpha value is -0.280. The molecule has 1 N–H and O–H groups in total. The van der Waals surface area contributed by atoms with Gasteiger partial charge in [0.15, 0.2) is 0 Å². The lowest BCUT2D eigenvalue weighted by Gasteiger charge is -2.25. The fourth-order valence-electron chi connectivity index (χ4n) is 1.06. The van der Waals surface area contributed by atoms with E-state index in [1.54, 1.807) is 0 Å². The predicted octanol–water partition coefficient (Wildman–Crippen LogP) is 0.928. The molecule has 13 heavy (non-hydrogen) atoms. The molecular weight excluding hydrogens is 188 g/mol. The number of hydrogen-bond acceptors (Lipinski definition) is 2. The summed E-state index contributed by atoms with van der Waals surface area (Å²) < 4.78 is 0. The number of nitrogens with one attached hydrogen (secondary N) is 1. The third-order valence-electron chi connectivity index (χ3n) is 1.83. The average Bonchev–Trinajstić information content (AvgIpc) is 2.02. The van der Waals surface area contributed by atoms with Crippen LogP contribution in [0.25, 0.3) is 0 Å². The van der Waals surface area contributed by atoms with Crippen molar-refractivity contribution < 1.29 is 4.79 Å². The standard InChI is InChI=1S/C9H19ClN2O/c1-7(2)8(6-12(3)4)11-9(13)5-10/h7-8H,5-6H2,1-4H3,(H,11,13). The number of hydrogen-bond donors (Lipinski definition) is 1. The number of alkyl halides is 1. The lowest BCUT2D eigenvalue weighted by Crippen LogP contribution is -2.45. The molecule has 0 fully saturated rings. The third-order valence-corrected chi connectivity index (χ3v) is 2.08. The van der Waals surface area contributed by atoms with Gasteiger partial charge in [-0.3, -0.25) is 4.79 Å². The van der Waals surface area contributed by atoms with Gasteiger partial charge in [-0.05, 0) is 20.0 Å². The van der Waals surface area contributed by atoms with Gasteiger partial charge in [-0.25, -0.2) is 0 Å². The molecule has 0 aromatic rings. The molecule has 0 saturated heterocycles. The summed E-state index contributed by atoms with van der Waals surface area (Å²) in [6, 6.07) is 0.182. The molecule has 0 rings (SSSR count). The molecule has 0 spiro atoms. The highest BCUT2D eigenvalue weighted by Gasteiger charge is 2.15. The summed E-state index contributed by atoms with van der Waals surface area (Å²) in [5, 5.41) is 2.88. The highest BCUT2D eigenvalue weighted by molar-refractivity contribution is 6.27. The molecular formula is C9H19ClN2O. The molecule has 0 aliphatic rings. The molecule has 0 aliphatic heterocycles. The Bertz CT molecular complexity index is 160. The zero-order valence-electron chi connectivity index (χ0n) is 8.80. The van der Waals surface area contributed by atoms with Crippen molar-refractivity contribution in [3.8, 4) is 0 Å². The van der Waals surface area contributed by atoms with Gasteiger partial charge in [0.2, 0.25) is 5.91 Å². The van der Waals surface area contributed by atoms with Crippen LogP contribution in [0.15, 0.2) is 0 Å². The summed E-state index contributed by atoms with van der Waals surface area (Å²) in [7, 11) is 3.98. The summed E-state index contributed by atoms with van der Waals surface area (Å²) in [4.78, 5) is 13.1. The molecule has 0 aromatic heterocycles. The summed E-state index contributed by atoms with van der Waals surface area (Å²) in [6.45, 7) is 5.02. The van der Waals surface area contributed by atoms with Gasteiger partial charge in [0, 0.05) is 12.6 Å². The van der Waals surface area contributed by atoms with Crippen LogP contribution in [0.1, 0.15) is 13.8 Å². The van der Waals surface area contributed by atoms with Crippen LogP contribution in [0.2, 0.25) is 0 Å². The van der Waals surface area contributed by atoms with Crippen molar-refractivity contribution in [2.75, 3.05) is 26.5 Å². The zero-order valence-corrected chi connectivity index (χ0v) is 9.56. The van der Waals surface area contributed by atoms with Gasteiger partial charge in [-0.2, -0.15) is 0 Å². The van der Waals surface area contributed by atoms with E-state index in [0.717, 1.165) is 6.54 Å². The van der Waals surface area contributed by atoms with E-state index in [1.807, 2.05) is 14.1 Å². The Morgan fingerprint density at radius 1 is 1.46 bits per heavy atom. The van der Waals surface area contributed by atoms with E-state index in [-0.39, 0.29) is 17.8 Å². The fraction of sp³-hybridized carbons (Fsp3) is 0.889. The second kappa shape index (κ2) is 6.22. The van der Waals surface area contributed by atoms with Crippen molar-refractivity contribution in [1.29, 1.82) is 0 Å². The van der Waals surface area contributed by atoms with E-state index < -0.39 is 0 Å². The second-order valence-corrected chi connectivity index (χ2v) is 4.08. The summed E-state index contributed by atoms with van der Waals surface area (Å²) in [5.74, 6) is 0.369. The summed E-state index contributed by atoms with van der Waals surface area (Å²) >= 11 is 5.41. The maximum atomic E-state index is 11.0. The summed E-state index contributed by atoms with van der Waals surface area (Å²) in [5.41, 5.74) is 0. The number of amides is 1. The number of carbonyl (C=O) groups is 1. The molecule has 78 valence electrons. The van der Waals surface area contributed by atoms with Crippen LogP contribution in [0.3, 0.4) is 0 Å². The maximum absolute atomic E-state index is 11.0. The zero-order chi connectivity index (χ0) is 10.4. The first-order valence-corrected chi connectivity index (χ1v) is 5.01. The molecule has 1 amide bonds. The van der Waals surface area contributed by atoms with Crippen LogP contribution in [-0.2, 0) is 4.79 Å². The van der Waals surface area contributed by atoms with Crippen molar-refractivity contribution in [2.24, 2.45) is 5.92 Å². The Labute approximate surface area is 85.4 Å². The van der Waals surface area contributed by atoms with Crippen molar-refractivity contribution in [3.63, 3.8) is 0 Å². The first kappa shape index (κ1) is 12.7. The van der Waals surface area contributed by atoms with Gasteiger partial charge in [0.05, 0.1) is 0 Å². The molecule has 1 atom stereocenters. The molecule has 0 radical (unpaired) electrons. The Kier molecular flexibility index (Phi) is 6.08. The maximum Gasteiger partial charge on any atom is 0.235 e. The smallest absolute Gasteiger partial charge is 0.235 e. The predicted molar refractivity (Wildman–Crippen MR) is 56.0 cm³/mol. The molecule has 0 saturated carbocycles. The molecule has 4 heteroatoms. The van der Waals surface area contributed by atoms with Crippen LogP contribution in [0.5, 0.6) is 0 Å². The van der Waals surface area contributed by atoms with E-state index >= 15 is 0 Å². The van der Waals surface area contributed by atoms with Crippen LogP contribution >= 0.6 is 11.6 Å². The third kappa shape index (κ3) is 5.88. The Morgan fingerprint density at radius 2 is 2.00 bits per heavy atom. The van der Waals surface area contributed by atoms with Gasteiger partial charge >= 0.3 is 0 Å². The SMILES string of the molecule is CC(C)C(CN(C)C)NC(=O)CCl. The van der Waals surface area contributed by atoms with E-state index in [9.17, 15) is 4.79 Å². The van der Waals surface area contributed by atoms with Gasteiger partial charge in [-0.1, -0.05) is 13.8 Å². The van der Waals surface area contributed by atoms with Gasteiger partial charge in [-0.15, -0.1) is 11.6 Å². The normalized spacial score (nSPS) is 13.5. The first-order valence-electron chi connectivity index (χ1n) is 4.47. The van der Waals surface area contributed by atoms with Crippen molar-refractivity contribution in [2.45, 2.75) is 19.9 Å². The second-order valence-electron chi connectivity index (χ2n) is 3.81. The lowest BCUT2D eigenvalue weighted by atomic mass is 10.0. The fourth-order valence-corrected chi connectivity index (χ4v) is 1.14. The average molecular weight is 207 g/mol. The minimum atomic E-state index is -0.0952. The van der Waals surface area contributed by atoms with Gasteiger partial charge in [0.25, 0.3) is 0 Å². The van der Waals surface area contributed by atoms with Crippen molar-refractivity contribution in [1.82, 2.24) is 10.2 Å². The molecule has 0 heterocycles. The number of halogens is 1. The van der Waals surface area contributed by atoms with Crippen LogP contribution in [-0.4, -0.2) is 43.4 Å². The Balaban J connectivity index is 4.02.